The van der Waals surface area contributed by atoms with Gasteiger partial charge in [-0.15, -0.1) is 5.10 Å². The van der Waals surface area contributed by atoms with Gasteiger partial charge < -0.3 is 11.1 Å². The molecule has 0 unspecified atom stereocenters. The van der Waals surface area contributed by atoms with Gasteiger partial charge in [0.25, 0.3) is 0 Å². The molecule has 0 bridgehead atoms. The summed E-state index contributed by atoms with van der Waals surface area (Å²) in [5, 5.41) is 10.7. The third kappa shape index (κ3) is 2.45. The van der Waals surface area contributed by atoms with Gasteiger partial charge in [-0.05, 0) is 12.8 Å². The lowest BCUT2D eigenvalue weighted by molar-refractivity contribution is -0.121. The quantitative estimate of drug-likeness (QED) is 0.680. The molecule has 14 heavy (non-hydrogen) atoms. The number of rotatable bonds is 4. The Morgan fingerprint density at radius 2 is 2.50 bits per heavy atom. The molecule has 0 atom stereocenters. The normalized spacial score (nSPS) is 15.4. The van der Waals surface area contributed by atoms with E-state index in [1.54, 1.807) is 0 Å². The van der Waals surface area contributed by atoms with Crippen LogP contribution in [-0.2, 0) is 11.3 Å². The molecule has 76 valence electrons. The molecule has 3 N–H and O–H groups in total. The lowest BCUT2D eigenvalue weighted by atomic mass is 10.4. The van der Waals surface area contributed by atoms with Crippen molar-refractivity contribution in [3.05, 3.63) is 6.20 Å². The number of carbonyl (C=O) groups excluding carboxylic acids is 1. The first-order chi connectivity index (χ1) is 6.74. The molecule has 1 aromatic heterocycles. The van der Waals surface area contributed by atoms with Crippen LogP contribution in [0, 0.1) is 0 Å². The first kappa shape index (κ1) is 8.98. The van der Waals surface area contributed by atoms with Crippen molar-refractivity contribution in [3.8, 4) is 0 Å². The Morgan fingerprint density at radius 1 is 1.71 bits per heavy atom. The van der Waals surface area contributed by atoms with Gasteiger partial charge in [-0.25, -0.2) is 0 Å². The van der Waals surface area contributed by atoms with Crippen LogP contribution in [0.2, 0.25) is 0 Å². The number of nitrogens with two attached hydrogens (primary N) is 1. The van der Waals surface area contributed by atoms with Crippen LogP contribution in [0.25, 0.3) is 0 Å². The van der Waals surface area contributed by atoms with Crippen LogP contribution in [0.1, 0.15) is 19.3 Å². The highest BCUT2D eigenvalue weighted by Gasteiger charge is 2.22. The SMILES string of the molecule is Nc1cnn(CCC(=O)NC2CC2)n1. The highest BCUT2D eigenvalue weighted by molar-refractivity contribution is 5.76. The Bertz CT molecular complexity index is 330. The number of nitrogens with one attached hydrogen (secondary N) is 1. The van der Waals surface area contributed by atoms with Gasteiger partial charge in [-0.2, -0.15) is 9.90 Å². The van der Waals surface area contributed by atoms with Crippen LogP contribution in [0.15, 0.2) is 6.20 Å². The number of anilines is 1. The van der Waals surface area contributed by atoms with E-state index < -0.39 is 0 Å². The number of aromatic nitrogens is 3. The first-order valence-electron chi connectivity index (χ1n) is 4.69. The second-order valence-corrected chi connectivity index (χ2v) is 3.46. The molecule has 6 heteroatoms. The van der Waals surface area contributed by atoms with Gasteiger partial charge in [0.2, 0.25) is 5.91 Å². The lowest BCUT2D eigenvalue weighted by Gasteiger charge is -2.01. The molecule has 1 saturated carbocycles. The average Bonchev–Trinajstić information content (AvgIpc) is 2.85. The minimum absolute atomic E-state index is 0.0587. The highest BCUT2D eigenvalue weighted by atomic mass is 16.1. The zero-order valence-corrected chi connectivity index (χ0v) is 7.81. The highest BCUT2D eigenvalue weighted by Crippen LogP contribution is 2.18. The molecule has 2 rings (SSSR count). The van der Waals surface area contributed by atoms with Crippen LogP contribution < -0.4 is 11.1 Å². The Morgan fingerprint density at radius 3 is 3.07 bits per heavy atom. The molecule has 1 aliphatic carbocycles. The zero-order chi connectivity index (χ0) is 9.97. The van der Waals surface area contributed by atoms with Crippen LogP contribution in [0.4, 0.5) is 5.82 Å². The number of amides is 1. The third-order valence-electron chi connectivity index (χ3n) is 2.04. The smallest absolute Gasteiger partial charge is 0.222 e. The van der Waals surface area contributed by atoms with Crippen LogP contribution >= 0.6 is 0 Å². The van der Waals surface area contributed by atoms with Gasteiger partial charge in [0.1, 0.15) is 0 Å². The van der Waals surface area contributed by atoms with Crippen molar-refractivity contribution in [2.75, 3.05) is 5.73 Å². The first-order valence-corrected chi connectivity index (χ1v) is 4.69. The second-order valence-electron chi connectivity index (χ2n) is 3.46. The van der Waals surface area contributed by atoms with Crippen molar-refractivity contribution in [2.45, 2.75) is 31.8 Å². The topological polar surface area (TPSA) is 85.8 Å². The van der Waals surface area contributed by atoms with E-state index in [9.17, 15) is 4.79 Å². The van der Waals surface area contributed by atoms with Gasteiger partial charge in [-0.1, -0.05) is 0 Å². The van der Waals surface area contributed by atoms with Crippen LogP contribution in [0.5, 0.6) is 0 Å². The summed E-state index contributed by atoms with van der Waals surface area (Å²) in [6, 6.07) is 0.415. The van der Waals surface area contributed by atoms with Gasteiger partial charge in [0, 0.05) is 12.5 Å². The fraction of sp³-hybridized carbons (Fsp3) is 0.625. The number of aryl methyl sites for hydroxylation is 1. The summed E-state index contributed by atoms with van der Waals surface area (Å²) in [6.45, 7) is 0.482. The minimum Gasteiger partial charge on any atom is -0.381 e. The van der Waals surface area contributed by atoms with Crippen molar-refractivity contribution in [1.29, 1.82) is 0 Å². The standard InChI is InChI=1S/C8H13N5O/c9-7-5-10-13(12-7)4-3-8(14)11-6-1-2-6/h5-6H,1-4H2,(H2,9,12)(H,11,14). The fourth-order valence-electron chi connectivity index (χ4n) is 1.15. The predicted molar refractivity (Wildman–Crippen MR) is 50.2 cm³/mol. The molecule has 6 nitrogen and oxygen atoms in total. The van der Waals surface area contributed by atoms with Crippen molar-refractivity contribution in [2.24, 2.45) is 0 Å². The predicted octanol–water partition coefficient (Wildman–Crippen LogP) is -0.471. The van der Waals surface area contributed by atoms with Crippen LogP contribution in [0.3, 0.4) is 0 Å². The van der Waals surface area contributed by atoms with E-state index in [-0.39, 0.29) is 5.91 Å². The van der Waals surface area contributed by atoms with E-state index in [1.807, 2.05) is 0 Å². The molecule has 1 aromatic rings. The summed E-state index contributed by atoms with van der Waals surface area (Å²) in [5.41, 5.74) is 5.38. The van der Waals surface area contributed by atoms with Gasteiger partial charge in [0.05, 0.1) is 12.7 Å². The number of nitrogen functional groups attached to an aromatic ring is 1. The monoisotopic (exact) mass is 195 g/mol. The number of hydrogen-bond acceptors (Lipinski definition) is 4. The largest absolute Gasteiger partial charge is 0.381 e. The summed E-state index contributed by atoms with van der Waals surface area (Å²) < 4.78 is 0. The third-order valence-corrected chi connectivity index (χ3v) is 2.04. The van der Waals surface area contributed by atoms with Gasteiger partial charge in [0.15, 0.2) is 5.82 Å². The molecule has 1 amide bonds. The molecule has 1 fully saturated rings. The maximum absolute atomic E-state index is 11.3. The number of nitrogens with zero attached hydrogens (tertiary/aromatic N) is 3. The van der Waals surface area contributed by atoms with E-state index in [1.165, 1.54) is 11.0 Å². The summed E-state index contributed by atoms with van der Waals surface area (Å²) in [5.74, 6) is 0.441. The maximum atomic E-state index is 11.3. The van der Waals surface area contributed by atoms with Gasteiger partial charge >= 0.3 is 0 Å². The van der Waals surface area contributed by atoms with Gasteiger partial charge in [-0.3, -0.25) is 4.79 Å². The molecule has 0 saturated heterocycles. The Kier molecular flexibility index (Phi) is 2.34. The van der Waals surface area contributed by atoms with Crippen molar-refractivity contribution >= 4 is 11.7 Å². The van der Waals surface area contributed by atoms with E-state index in [2.05, 4.69) is 15.5 Å². The Labute approximate surface area is 81.5 Å². The van der Waals surface area contributed by atoms with E-state index >= 15 is 0 Å². The summed E-state index contributed by atoms with van der Waals surface area (Å²) in [6.07, 6.45) is 4.10. The second kappa shape index (κ2) is 3.65. The van der Waals surface area contributed by atoms with Crippen LogP contribution in [-0.4, -0.2) is 26.9 Å². The van der Waals surface area contributed by atoms with E-state index in [0.29, 0.717) is 24.8 Å². The molecular formula is C8H13N5O. The zero-order valence-electron chi connectivity index (χ0n) is 7.81. The van der Waals surface area contributed by atoms with Crippen molar-refractivity contribution in [1.82, 2.24) is 20.3 Å². The molecule has 0 radical (unpaired) electrons. The molecule has 0 aromatic carbocycles. The average molecular weight is 195 g/mol. The molecule has 1 heterocycles. The molecule has 1 aliphatic rings. The maximum Gasteiger partial charge on any atom is 0.222 e. The number of hydrogen-bond donors (Lipinski definition) is 2. The molecular weight excluding hydrogens is 182 g/mol. The summed E-state index contributed by atoms with van der Waals surface area (Å²) in [7, 11) is 0. The van der Waals surface area contributed by atoms with Crippen molar-refractivity contribution < 1.29 is 4.79 Å². The van der Waals surface area contributed by atoms with E-state index in [0.717, 1.165) is 12.8 Å². The lowest BCUT2D eigenvalue weighted by Crippen LogP contribution is -2.26. The number of carbonyl (C=O) groups is 1. The van der Waals surface area contributed by atoms with Crippen molar-refractivity contribution in [3.63, 3.8) is 0 Å². The summed E-state index contributed by atoms with van der Waals surface area (Å²) in [4.78, 5) is 12.7. The fourth-order valence-corrected chi connectivity index (χ4v) is 1.15. The minimum atomic E-state index is 0.0587. The molecule has 0 spiro atoms. The Hall–Kier alpha value is -1.59. The molecule has 0 aliphatic heterocycles. The summed E-state index contributed by atoms with van der Waals surface area (Å²) >= 11 is 0. The van der Waals surface area contributed by atoms with E-state index in [4.69, 9.17) is 5.73 Å². The Balaban J connectivity index is 1.73.